The molecule has 0 atom stereocenters. The van der Waals surface area contributed by atoms with E-state index in [2.05, 4.69) is 15.3 Å². The highest BCUT2D eigenvalue weighted by Gasteiger charge is 2.24. The number of ether oxygens (including phenoxy) is 1. The highest BCUT2D eigenvalue weighted by atomic mass is 32.2. The second-order valence-corrected chi connectivity index (χ2v) is 11.2. The predicted octanol–water partition coefficient (Wildman–Crippen LogP) is 2.99. The molecule has 2 aromatic heterocycles. The quantitative estimate of drug-likeness (QED) is 0.367. The van der Waals surface area contributed by atoms with Crippen LogP contribution in [0.4, 0.5) is 0 Å². The molecule has 2 aromatic carbocycles. The van der Waals surface area contributed by atoms with Crippen LogP contribution < -0.4 is 9.88 Å². The molecule has 1 aliphatic rings. The van der Waals surface area contributed by atoms with E-state index in [0.717, 1.165) is 29.7 Å². The molecule has 186 valence electrons. The smallest absolute Gasteiger partial charge is 0.265 e. The molecule has 2 N–H and O–H groups in total. The van der Waals surface area contributed by atoms with Crippen molar-refractivity contribution in [3.63, 3.8) is 0 Å². The van der Waals surface area contributed by atoms with Crippen LogP contribution in [0.5, 0.6) is 5.75 Å². The number of carbonyl (C=O) groups is 1. The zero-order chi connectivity index (χ0) is 25.1. The van der Waals surface area contributed by atoms with Crippen molar-refractivity contribution < 1.29 is 17.9 Å². The zero-order valence-corrected chi connectivity index (χ0v) is 20.9. The number of primary sulfonamides is 1. The number of carbonyl (C=O) groups excluding carboxylic acids is 1. The van der Waals surface area contributed by atoms with Crippen LogP contribution in [0.25, 0.3) is 16.3 Å². The Morgan fingerprint density at radius 1 is 1.17 bits per heavy atom. The van der Waals surface area contributed by atoms with Gasteiger partial charge in [-0.2, -0.15) is 0 Å². The first-order chi connectivity index (χ1) is 17.3. The molecular formula is C24H24N6O4S2. The first kappa shape index (κ1) is 24.1. The molecule has 0 saturated carbocycles. The van der Waals surface area contributed by atoms with E-state index in [-0.39, 0.29) is 22.9 Å². The minimum absolute atomic E-state index is 0.0130. The molecule has 0 aliphatic carbocycles. The van der Waals surface area contributed by atoms with Crippen molar-refractivity contribution in [1.82, 2.24) is 24.9 Å². The van der Waals surface area contributed by atoms with E-state index in [1.807, 2.05) is 52.2 Å². The summed E-state index contributed by atoms with van der Waals surface area (Å²) >= 11 is 0.999. The Morgan fingerprint density at radius 2 is 1.94 bits per heavy atom. The van der Waals surface area contributed by atoms with Gasteiger partial charge in [0.05, 0.1) is 22.5 Å². The summed E-state index contributed by atoms with van der Waals surface area (Å²) in [7, 11) is -3.84. The van der Waals surface area contributed by atoms with E-state index in [0.29, 0.717) is 34.7 Å². The van der Waals surface area contributed by atoms with Gasteiger partial charge in [0.25, 0.3) is 10.0 Å². The number of hydrogen-bond acceptors (Lipinski definition) is 8. The summed E-state index contributed by atoms with van der Waals surface area (Å²) in [6.07, 6.45) is 6.91. The maximum Gasteiger partial charge on any atom is 0.265 e. The molecule has 0 radical (unpaired) electrons. The minimum Gasteiger partial charge on any atom is -0.487 e. The summed E-state index contributed by atoms with van der Waals surface area (Å²) in [6, 6.07) is 15.1. The molecular weight excluding hydrogens is 500 g/mol. The maximum absolute atomic E-state index is 12.5. The van der Waals surface area contributed by atoms with Gasteiger partial charge in [-0.1, -0.05) is 35.5 Å². The average Bonchev–Trinajstić information content (AvgIpc) is 3.54. The lowest BCUT2D eigenvalue weighted by atomic mass is 10.1. The van der Waals surface area contributed by atoms with Gasteiger partial charge in [-0.05, 0) is 42.7 Å². The predicted molar refractivity (Wildman–Crippen MR) is 136 cm³/mol. The van der Waals surface area contributed by atoms with Crippen LogP contribution in [0.2, 0.25) is 0 Å². The Kier molecular flexibility index (Phi) is 6.81. The molecule has 0 bridgehead atoms. The SMILES string of the molecule is NS(=O)(=O)c1nc2ccc(OCc3cn(C4CCN(C(=O)C=Cc5ccccc5)CC4)nn3)cc2s1. The Labute approximate surface area is 212 Å². The van der Waals surface area contributed by atoms with Crippen molar-refractivity contribution in [2.75, 3.05) is 13.1 Å². The van der Waals surface area contributed by atoms with Gasteiger partial charge in [-0.3, -0.25) is 4.79 Å². The lowest BCUT2D eigenvalue weighted by Gasteiger charge is -2.31. The summed E-state index contributed by atoms with van der Waals surface area (Å²) in [4.78, 5) is 18.4. The number of benzene rings is 2. The van der Waals surface area contributed by atoms with Gasteiger partial charge in [-0.25, -0.2) is 23.2 Å². The monoisotopic (exact) mass is 524 g/mol. The summed E-state index contributed by atoms with van der Waals surface area (Å²) in [5.74, 6) is 0.580. The number of piperidine rings is 1. The Hall–Kier alpha value is -3.61. The lowest BCUT2D eigenvalue weighted by molar-refractivity contribution is -0.127. The van der Waals surface area contributed by atoms with Crippen LogP contribution in [-0.2, 0) is 21.4 Å². The number of likely N-dealkylation sites (tertiary alicyclic amines) is 1. The van der Waals surface area contributed by atoms with Crippen LogP contribution in [-0.4, -0.2) is 52.3 Å². The molecule has 3 heterocycles. The number of thiazole rings is 1. The largest absolute Gasteiger partial charge is 0.487 e. The van der Waals surface area contributed by atoms with E-state index >= 15 is 0 Å². The van der Waals surface area contributed by atoms with Crippen molar-refractivity contribution in [3.8, 4) is 5.75 Å². The molecule has 10 nitrogen and oxygen atoms in total. The van der Waals surface area contributed by atoms with Gasteiger partial charge >= 0.3 is 0 Å². The maximum atomic E-state index is 12.5. The molecule has 0 unspecified atom stereocenters. The van der Waals surface area contributed by atoms with Gasteiger partial charge in [0.1, 0.15) is 18.1 Å². The van der Waals surface area contributed by atoms with Crippen LogP contribution in [0.3, 0.4) is 0 Å². The van der Waals surface area contributed by atoms with Gasteiger partial charge < -0.3 is 9.64 Å². The van der Waals surface area contributed by atoms with Crippen LogP contribution in [0.15, 0.2) is 65.1 Å². The number of amides is 1. The fourth-order valence-electron chi connectivity index (χ4n) is 4.00. The average molecular weight is 525 g/mol. The van der Waals surface area contributed by atoms with Crippen molar-refractivity contribution >= 4 is 43.6 Å². The summed E-state index contributed by atoms with van der Waals surface area (Å²) in [6.45, 7) is 1.53. The van der Waals surface area contributed by atoms with E-state index in [1.165, 1.54) is 0 Å². The topological polar surface area (TPSA) is 133 Å². The number of nitrogens with zero attached hydrogens (tertiary/aromatic N) is 5. The second kappa shape index (κ2) is 10.2. The van der Waals surface area contributed by atoms with Crippen LogP contribution >= 0.6 is 11.3 Å². The van der Waals surface area contributed by atoms with Gasteiger partial charge in [0.15, 0.2) is 0 Å². The molecule has 4 aromatic rings. The van der Waals surface area contributed by atoms with Crippen LogP contribution in [0.1, 0.15) is 30.1 Å². The first-order valence-electron chi connectivity index (χ1n) is 11.3. The van der Waals surface area contributed by atoms with Crippen molar-refractivity contribution in [2.45, 2.75) is 29.8 Å². The van der Waals surface area contributed by atoms with Gasteiger partial charge in [0, 0.05) is 19.2 Å². The van der Waals surface area contributed by atoms with E-state index in [1.54, 1.807) is 24.3 Å². The number of fused-ring (bicyclic) bond motifs is 1. The minimum atomic E-state index is -3.84. The van der Waals surface area contributed by atoms with Crippen LogP contribution in [0, 0.1) is 0 Å². The second-order valence-electron chi connectivity index (χ2n) is 8.43. The number of sulfonamides is 1. The molecule has 1 fully saturated rings. The number of nitrogens with two attached hydrogens (primary N) is 1. The summed E-state index contributed by atoms with van der Waals surface area (Å²) in [5.41, 5.74) is 2.22. The first-order valence-corrected chi connectivity index (χ1v) is 13.7. The molecule has 1 aliphatic heterocycles. The zero-order valence-electron chi connectivity index (χ0n) is 19.2. The van der Waals surface area contributed by atoms with Crippen molar-refractivity contribution in [3.05, 3.63) is 72.1 Å². The highest BCUT2D eigenvalue weighted by Crippen LogP contribution is 2.28. The summed E-state index contributed by atoms with van der Waals surface area (Å²) < 4.78 is 31.2. The molecule has 5 rings (SSSR count). The van der Waals surface area contributed by atoms with Crippen molar-refractivity contribution in [1.29, 1.82) is 0 Å². The fraction of sp³-hybridized carbons (Fsp3) is 0.250. The third kappa shape index (κ3) is 5.61. The number of hydrogen-bond donors (Lipinski definition) is 1. The highest BCUT2D eigenvalue weighted by molar-refractivity contribution is 7.91. The Bertz CT molecular complexity index is 1510. The molecule has 36 heavy (non-hydrogen) atoms. The Morgan fingerprint density at radius 3 is 2.69 bits per heavy atom. The van der Waals surface area contributed by atoms with E-state index in [9.17, 15) is 13.2 Å². The number of aromatic nitrogens is 4. The molecule has 0 spiro atoms. The molecule has 1 saturated heterocycles. The fourth-order valence-corrected chi connectivity index (χ4v) is 5.68. The Balaban J connectivity index is 1.14. The standard InChI is InChI=1S/C24H24N6O4S2/c25-36(32,33)24-26-21-8-7-20(14-22(21)35-24)34-16-18-15-30(28-27-18)19-10-12-29(13-11-19)23(31)9-6-17-4-2-1-3-5-17/h1-9,14-15,19H,10-13,16H2,(H2,25,32,33). The molecule has 12 heteroatoms. The lowest BCUT2D eigenvalue weighted by Crippen LogP contribution is -2.38. The van der Waals surface area contributed by atoms with Gasteiger partial charge in [0.2, 0.25) is 10.2 Å². The van der Waals surface area contributed by atoms with Crippen molar-refractivity contribution in [2.24, 2.45) is 5.14 Å². The normalized spacial score (nSPS) is 15.1. The summed E-state index contributed by atoms with van der Waals surface area (Å²) in [5, 5.41) is 13.6. The third-order valence-electron chi connectivity index (χ3n) is 5.90. The van der Waals surface area contributed by atoms with E-state index < -0.39 is 10.0 Å². The van der Waals surface area contributed by atoms with E-state index in [4.69, 9.17) is 9.88 Å². The van der Waals surface area contributed by atoms with Gasteiger partial charge in [-0.15, -0.1) is 16.4 Å². The number of rotatable bonds is 7. The third-order valence-corrected chi connectivity index (χ3v) is 8.23. The molecule has 1 amide bonds.